The largest absolute Gasteiger partial charge is 0.496 e. The SMILES string of the molecule is COc1ccccc1CN(CCO)Cc1c(C)nc2ccccn12. The van der Waals surface area contributed by atoms with E-state index in [2.05, 4.69) is 20.4 Å². The maximum absolute atomic E-state index is 9.46. The quantitative estimate of drug-likeness (QED) is 0.725. The van der Waals surface area contributed by atoms with Crippen LogP contribution in [-0.2, 0) is 13.1 Å². The molecule has 0 radical (unpaired) electrons. The molecule has 2 aromatic heterocycles. The summed E-state index contributed by atoms with van der Waals surface area (Å²) in [5.74, 6) is 0.871. The first kappa shape index (κ1) is 16.5. The highest BCUT2D eigenvalue weighted by Crippen LogP contribution is 2.21. The van der Waals surface area contributed by atoms with Gasteiger partial charge in [-0.15, -0.1) is 0 Å². The standard InChI is InChI=1S/C19H23N3O2/c1-15-17(22-10-6-5-9-19(22)20-15)14-21(11-12-23)13-16-7-3-4-8-18(16)24-2/h3-10,23H,11-14H2,1-2H3. The van der Waals surface area contributed by atoms with Gasteiger partial charge in [0.2, 0.25) is 0 Å². The van der Waals surface area contributed by atoms with Crippen LogP contribution in [0, 0.1) is 6.92 Å². The number of nitrogens with zero attached hydrogens (tertiary/aromatic N) is 3. The molecule has 0 aliphatic rings. The van der Waals surface area contributed by atoms with Crippen molar-refractivity contribution < 1.29 is 9.84 Å². The Labute approximate surface area is 142 Å². The molecule has 0 spiro atoms. The molecule has 1 aromatic carbocycles. The number of hydrogen-bond acceptors (Lipinski definition) is 4. The molecule has 5 nitrogen and oxygen atoms in total. The van der Waals surface area contributed by atoms with Gasteiger partial charge in [-0.25, -0.2) is 4.98 Å². The third-order valence-corrected chi connectivity index (χ3v) is 4.21. The lowest BCUT2D eigenvalue weighted by atomic mass is 10.1. The third-order valence-electron chi connectivity index (χ3n) is 4.21. The normalized spacial score (nSPS) is 11.3. The lowest BCUT2D eigenvalue weighted by molar-refractivity contribution is 0.181. The maximum Gasteiger partial charge on any atom is 0.137 e. The first-order valence-corrected chi connectivity index (χ1v) is 8.10. The van der Waals surface area contributed by atoms with Crippen LogP contribution < -0.4 is 4.74 Å². The minimum atomic E-state index is 0.116. The summed E-state index contributed by atoms with van der Waals surface area (Å²) in [6.07, 6.45) is 2.03. The number of aliphatic hydroxyl groups excluding tert-OH is 1. The zero-order valence-electron chi connectivity index (χ0n) is 14.1. The second-order valence-corrected chi connectivity index (χ2v) is 5.82. The Bertz CT molecular complexity index is 813. The van der Waals surface area contributed by atoms with Crippen molar-refractivity contribution in [1.82, 2.24) is 14.3 Å². The van der Waals surface area contributed by atoms with Gasteiger partial charge in [-0.1, -0.05) is 24.3 Å². The Morgan fingerprint density at radius 1 is 1.12 bits per heavy atom. The summed E-state index contributed by atoms with van der Waals surface area (Å²) in [7, 11) is 1.68. The smallest absolute Gasteiger partial charge is 0.137 e. The molecule has 1 N–H and O–H groups in total. The number of aromatic nitrogens is 2. The number of aliphatic hydroxyl groups is 1. The summed E-state index contributed by atoms with van der Waals surface area (Å²) in [5.41, 5.74) is 4.23. The predicted octanol–water partition coefficient (Wildman–Crippen LogP) is 2.65. The van der Waals surface area contributed by atoms with Crippen LogP contribution in [-0.4, -0.2) is 39.7 Å². The average molecular weight is 325 g/mol. The Morgan fingerprint density at radius 2 is 1.92 bits per heavy atom. The molecule has 2 heterocycles. The molecule has 5 heteroatoms. The summed E-state index contributed by atoms with van der Waals surface area (Å²) in [5, 5.41) is 9.46. The number of hydrogen-bond donors (Lipinski definition) is 1. The molecule has 0 amide bonds. The van der Waals surface area contributed by atoms with Crippen molar-refractivity contribution in [1.29, 1.82) is 0 Å². The van der Waals surface area contributed by atoms with Crippen molar-refractivity contribution in [2.45, 2.75) is 20.0 Å². The van der Waals surface area contributed by atoms with Gasteiger partial charge in [-0.2, -0.15) is 0 Å². The Hall–Kier alpha value is -2.37. The Balaban J connectivity index is 1.87. The van der Waals surface area contributed by atoms with E-state index >= 15 is 0 Å². The minimum absolute atomic E-state index is 0.116. The molecule has 0 saturated carbocycles. The van der Waals surface area contributed by atoms with Gasteiger partial charge in [0.1, 0.15) is 11.4 Å². The molecule has 0 bridgehead atoms. The number of ether oxygens (including phenoxy) is 1. The number of pyridine rings is 1. The fourth-order valence-corrected chi connectivity index (χ4v) is 3.00. The first-order valence-electron chi connectivity index (χ1n) is 8.10. The van der Waals surface area contributed by atoms with E-state index in [-0.39, 0.29) is 6.61 Å². The van der Waals surface area contributed by atoms with Crippen LogP contribution in [0.4, 0.5) is 0 Å². The molecule has 0 atom stereocenters. The van der Waals surface area contributed by atoms with Gasteiger partial charge in [0.15, 0.2) is 0 Å². The van der Waals surface area contributed by atoms with Gasteiger partial charge in [-0.05, 0) is 25.1 Å². The van der Waals surface area contributed by atoms with E-state index in [1.165, 1.54) is 0 Å². The number of methoxy groups -OCH3 is 1. The minimum Gasteiger partial charge on any atom is -0.496 e. The fourth-order valence-electron chi connectivity index (χ4n) is 3.00. The summed E-state index contributed by atoms with van der Waals surface area (Å²) >= 11 is 0. The highest BCUT2D eigenvalue weighted by atomic mass is 16.5. The summed E-state index contributed by atoms with van der Waals surface area (Å²) in [4.78, 5) is 6.83. The van der Waals surface area contributed by atoms with Crippen LogP contribution in [0.25, 0.3) is 5.65 Å². The second kappa shape index (κ2) is 7.47. The van der Waals surface area contributed by atoms with Crippen LogP contribution in [0.15, 0.2) is 48.7 Å². The third kappa shape index (κ3) is 3.42. The number of benzene rings is 1. The van der Waals surface area contributed by atoms with Gasteiger partial charge in [0.05, 0.1) is 25.1 Å². The highest BCUT2D eigenvalue weighted by Gasteiger charge is 2.15. The molecule has 126 valence electrons. The van der Waals surface area contributed by atoms with Crippen molar-refractivity contribution in [2.24, 2.45) is 0 Å². The van der Waals surface area contributed by atoms with Gasteiger partial charge >= 0.3 is 0 Å². The zero-order valence-corrected chi connectivity index (χ0v) is 14.1. The van der Waals surface area contributed by atoms with Crippen LogP contribution >= 0.6 is 0 Å². The van der Waals surface area contributed by atoms with Crippen LogP contribution in [0.3, 0.4) is 0 Å². The van der Waals surface area contributed by atoms with Crippen LogP contribution in [0.5, 0.6) is 5.75 Å². The maximum atomic E-state index is 9.46. The van der Waals surface area contributed by atoms with Crippen LogP contribution in [0.1, 0.15) is 17.0 Å². The molecule has 0 aliphatic carbocycles. The Kier molecular flexibility index (Phi) is 5.13. The number of fused-ring (bicyclic) bond motifs is 1. The summed E-state index contributed by atoms with van der Waals surface area (Å²) in [6.45, 7) is 4.17. The predicted molar refractivity (Wildman–Crippen MR) is 94.1 cm³/mol. The van der Waals surface area contributed by atoms with Crippen LogP contribution in [0.2, 0.25) is 0 Å². The Morgan fingerprint density at radius 3 is 2.71 bits per heavy atom. The molecule has 3 rings (SSSR count). The highest BCUT2D eigenvalue weighted by molar-refractivity contribution is 5.42. The second-order valence-electron chi connectivity index (χ2n) is 5.82. The van der Waals surface area contributed by atoms with Gasteiger partial charge < -0.3 is 14.2 Å². The van der Waals surface area contributed by atoms with Crippen molar-refractivity contribution in [3.8, 4) is 5.75 Å². The topological polar surface area (TPSA) is 50.0 Å². The summed E-state index contributed by atoms with van der Waals surface area (Å²) in [6, 6.07) is 14.0. The van der Waals surface area contributed by atoms with E-state index in [9.17, 15) is 5.11 Å². The van der Waals surface area contributed by atoms with Crippen molar-refractivity contribution in [2.75, 3.05) is 20.3 Å². The molecule has 0 aliphatic heterocycles. The number of imidazole rings is 1. The molecular weight excluding hydrogens is 302 g/mol. The van der Waals surface area contributed by atoms with Gasteiger partial charge in [0, 0.05) is 31.4 Å². The molecule has 24 heavy (non-hydrogen) atoms. The fraction of sp³-hybridized carbons (Fsp3) is 0.316. The average Bonchev–Trinajstić information content (AvgIpc) is 2.91. The number of para-hydroxylation sites is 1. The number of aryl methyl sites for hydroxylation is 1. The number of rotatable bonds is 7. The van der Waals surface area contributed by atoms with E-state index in [0.717, 1.165) is 34.9 Å². The summed E-state index contributed by atoms with van der Waals surface area (Å²) < 4.78 is 7.56. The monoisotopic (exact) mass is 325 g/mol. The van der Waals surface area contributed by atoms with Crippen molar-refractivity contribution >= 4 is 5.65 Å². The molecular formula is C19H23N3O2. The van der Waals surface area contributed by atoms with Gasteiger partial charge in [-0.3, -0.25) is 4.90 Å². The first-order chi connectivity index (χ1) is 11.7. The molecule has 0 unspecified atom stereocenters. The van der Waals surface area contributed by atoms with Gasteiger partial charge in [0.25, 0.3) is 0 Å². The lowest BCUT2D eigenvalue weighted by Gasteiger charge is -2.22. The molecule has 3 aromatic rings. The zero-order chi connectivity index (χ0) is 16.9. The van der Waals surface area contributed by atoms with E-state index in [0.29, 0.717) is 13.1 Å². The molecule has 0 saturated heterocycles. The van der Waals surface area contributed by atoms with E-state index in [1.807, 2.05) is 49.5 Å². The molecule has 0 fully saturated rings. The van der Waals surface area contributed by atoms with Crippen molar-refractivity contribution in [3.63, 3.8) is 0 Å². The van der Waals surface area contributed by atoms with Crippen molar-refractivity contribution in [3.05, 3.63) is 65.6 Å². The van der Waals surface area contributed by atoms with E-state index in [1.54, 1.807) is 7.11 Å². The van der Waals surface area contributed by atoms with E-state index in [4.69, 9.17) is 4.74 Å². The van der Waals surface area contributed by atoms with E-state index < -0.39 is 0 Å². The lowest BCUT2D eigenvalue weighted by Crippen LogP contribution is -2.27.